The predicted molar refractivity (Wildman–Crippen MR) is 50.2 cm³/mol. The minimum atomic E-state index is -1.03. The van der Waals surface area contributed by atoms with Gasteiger partial charge in [-0.1, -0.05) is 6.92 Å². The van der Waals surface area contributed by atoms with Crippen molar-refractivity contribution in [3.05, 3.63) is 0 Å². The van der Waals surface area contributed by atoms with Crippen LogP contribution in [0.4, 0.5) is 0 Å². The second kappa shape index (κ2) is 3.95. The summed E-state index contributed by atoms with van der Waals surface area (Å²) in [6, 6.07) is 0. The van der Waals surface area contributed by atoms with Crippen LogP contribution in [0.15, 0.2) is 0 Å². The maximum absolute atomic E-state index is 9.79. The topological polar surface area (TPSA) is 60.7 Å². The average molecular weight is 188 g/mol. The molecule has 1 aliphatic carbocycles. The zero-order valence-electron chi connectivity index (χ0n) is 8.40. The van der Waals surface area contributed by atoms with E-state index in [1.807, 2.05) is 6.92 Å². The summed E-state index contributed by atoms with van der Waals surface area (Å²) in [6.45, 7) is 3.44. The molecule has 78 valence electrons. The summed E-state index contributed by atoms with van der Waals surface area (Å²) >= 11 is 0. The second-order valence-corrected chi connectivity index (χ2v) is 4.57. The van der Waals surface area contributed by atoms with Gasteiger partial charge in [-0.2, -0.15) is 0 Å². The summed E-state index contributed by atoms with van der Waals surface area (Å²) < 4.78 is 0. The van der Waals surface area contributed by atoms with Crippen LogP contribution in [-0.4, -0.2) is 33.6 Å². The van der Waals surface area contributed by atoms with Crippen molar-refractivity contribution in [1.29, 1.82) is 0 Å². The van der Waals surface area contributed by atoms with Gasteiger partial charge in [-0.25, -0.2) is 0 Å². The summed E-state index contributed by atoms with van der Waals surface area (Å²) in [5, 5.41) is 28.4. The fraction of sp³-hybridized carbons (Fsp3) is 1.00. The molecule has 0 amide bonds. The van der Waals surface area contributed by atoms with Crippen molar-refractivity contribution in [1.82, 2.24) is 0 Å². The molecular weight excluding hydrogens is 168 g/mol. The van der Waals surface area contributed by atoms with Gasteiger partial charge < -0.3 is 15.3 Å². The summed E-state index contributed by atoms with van der Waals surface area (Å²) in [5.41, 5.74) is -1.03. The molecule has 0 saturated heterocycles. The highest BCUT2D eigenvalue weighted by molar-refractivity contribution is 4.88. The highest BCUT2D eigenvalue weighted by Gasteiger charge is 2.37. The van der Waals surface area contributed by atoms with Crippen molar-refractivity contribution in [2.75, 3.05) is 6.61 Å². The van der Waals surface area contributed by atoms with Crippen molar-refractivity contribution in [3.8, 4) is 0 Å². The summed E-state index contributed by atoms with van der Waals surface area (Å²) in [4.78, 5) is 0. The minimum absolute atomic E-state index is 0.0312. The molecule has 0 aromatic carbocycles. The number of hydrogen-bond donors (Lipinski definition) is 3. The number of rotatable bonds is 2. The third-order valence-electron chi connectivity index (χ3n) is 3.35. The largest absolute Gasteiger partial charge is 0.393 e. The molecule has 3 N–H and O–H groups in total. The average Bonchev–Trinajstić information content (AvgIpc) is 2.09. The highest BCUT2D eigenvalue weighted by Crippen LogP contribution is 2.35. The van der Waals surface area contributed by atoms with Crippen LogP contribution >= 0.6 is 0 Å². The van der Waals surface area contributed by atoms with E-state index in [1.54, 1.807) is 6.92 Å². The fourth-order valence-corrected chi connectivity index (χ4v) is 1.99. The van der Waals surface area contributed by atoms with Crippen LogP contribution in [0, 0.1) is 11.8 Å². The van der Waals surface area contributed by atoms with E-state index in [-0.39, 0.29) is 18.6 Å². The van der Waals surface area contributed by atoms with Crippen molar-refractivity contribution < 1.29 is 15.3 Å². The van der Waals surface area contributed by atoms with Crippen molar-refractivity contribution >= 4 is 0 Å². The molecule has 0 bridgehead atoms. The Morgan fingerprint density at radius 1 is 1.38 bits per heavy atom. The van der Waals surface area contributed by atoms with E-state index in [1.165, 1.54) is 0 Å². The van der Waals surface area contributed by atoms with E-state index < -0.39 is 5.60 Å². The molecule has 1 rings (SSSR count). The summed E-state index contributed by atoms with van der Waals surface area (Å²) in [5.74, 6) is 0.356. The Labute approximate surface area is 79.4 Å². The van der Waals surface area contributed by atoms with E-state index in [0.717, 1.165) is 12.8 Å². The molecule has 3 nitrogen and oxygen atoms in total. The molecule has 13 heavy (non-hydrogen) atoms. The lowest BCUT2D eigenvalue weighted by Gasteiger charge is -2.38. The Hall–Kier alpha value is -0.120. The first-order valence-corrected chi connectivity index (χ1v) is 4.98. The molecule has 3 heteroatoms. The molecule has 0 radical (unpaired) electrons. The van der Waals surface area contributed by atoms with Gasteiger partial charge in [-0.15, -0.1) is 0 Å². The van der Waals surface area contributed by atoms with Gasteiger partial charge >= 0.3 is 0 Å². The molecule has 1 saturated carbocycles. The first-order valence-electron chi connectivity index (χ1n) is 4.98. The lowest BCUT2D eigenvalue weighted by Crippen LogP contribution is -2.43. The van der Waals surface area contributed by atoms with Crippen molar-refractivity contribution in [2.24, 2.45) is 11.8 Å². The second-order valence-electron chi connectivity index (χ2n) is 4.57. The lowest BCUT2D eigenvalue weighted by atomic mass is 9.73. The first kappa shape index (κ1) is 11.0. The fourth-order valence-electron chi connectivity index (χ4n) is 1.99. The van der Waals surface area contributed by atoms with E-state index in [9.17, 15) is 10.2 Å². The van der Waals surface area contributed by atoms with Gasteiger partial charge in [0.2, 0.25) is 0 Å². The molecule has 1 fully saturated rings. The molecule has 0 unspecified atom stereocenters. The molecule has 4 atom stereocenters. The smallest absolute Gasteiger partial charge is 0.0878 e. The summed E-state index contributed by atoms with van der Waals surface area (Å²) in [7, 11) is 0. The SMILES string of the molecule is C[C@@H]1CC[C@@H]([C@](C)(O)CO)C[C@H]1O. The third-order valence-corrected chi connectivity index (χ3v) is 3.35. The third kappa shape index (κ3) is 2.42. The van der Waals surface area contributed by atoms with Crippen LogP contribution < -0.4 is 0 Å². The molecular formula is C10H20O3. The Kier molecular flexibility index (Phi) is 3.33. The molecule has 0 spiro atoms. The van der Waals surface area contributed by atoms with Gasteiger partial charge in [0.05, 0.1) is 18.3 Å². The Balaban J connectivity index is 2.55. The van der Waals surface area contributed by atoms with Crippen LogP contribution in [0.3, 0.4) is 0 Å². The van der Waals surface area contributed by atoms with Gasteiger partial charge in [0, 0.05) is 0 Å². The van der Waals surface area contributed by atoms with E-state index in [0.29, 0.717) is 12.3 Å². The Morgan fingerprint density at radius 2 is 2.00 bits per heavy atom. The maximum Gasteiger partial charge on any atom is 0.0878 e. The maximum atomic E-state index is 9.79. The van der Waals surface area contributed by atoms with E-state index in [4.69, 9.17) is 5.11 Å². The normalized spacial score (nSPS) is 39.9. The van der Waals surface area contributed by atoms with Crippen LogP contribution in [0.5, 0.6) is 0 Å². The first-order chi connectivity index (χ1) is 5.97. The number of aliphatic hydroxyl groups excluding tert-OH is 2. The zero-order valence-corrected chi connectivity index (χ0v) is 8.40. The quantitative estimate of drug-likeness (QED) is 0.592. The molecule has 0 aliphatic heterocycles. The monoisotopic (exact) mass is 188 g/mol. The van der Waals surface area contributed by atoms with Crippen LogP contribution in [0.1, 0.15) is 33.1 Å². The van der Waals surface area contributed by atoms with Gasteiger partial charge in [0.1, 0.15) is 0 Å². The highest BCUT2D eigenvalue weighted by atomic mass is 16.3. The Bertz CT molecular complexity index is 168. The lowest BCUT2D eigenvalue weighted by molar-refractivity contribution is -0.0836. The van der Waals surface area contributed by atoms with Gasteiger partial charge in [0.15, 0.2) is 0 Å². The van der Waals surface area contributed by atoms with Crippen molar-refractivity contribution in [2.45, 2.75) is 44.8 Å². The van der Waals surface area contributed by atoms with Crippen LogP contribution in [0.2, 0.25) is 0 Å². The molecule has 0 aromatic rings. The standard InChI is InChI=1S/C10H20O3/c1-7-3-4-8(5-9(7)12)10(2,13)6-11/h7-9,11-13H,3-6H2,1-2H3/t7-,8-,9-,10-/m1/s1. The number of aliphatic hydroxyl groups is 3. The summed E-state index contributed by atoms with van der Waals surface area (Å²) in [6.07, 6.45) is 2.11. The number of hydrogen-bond acceptors (Lipinski definition) is 3. The van der Waals surface area contributed by atoms with Gasteiger partial charge in [-0.05, 0) is 38.0 Å². The Morgan fingerprint density at radius 3 is 2.46 bits per heavy atom. The molecule has 1 aliphatic rings. The zero-order chi connectivity index (χ0) is 10.1. The van der Waals surface area contributed by atoms with Gasteiger partial charge in [-0.3, -0.25) is 0 Å². The molecule has 0 heterocycles. The van der Waals surface area contributed by atoms with Crippen LogP contribution in [0.25, 0.3) is 0 Å². The van der Waals surface area contributed by atoms with E-state index in [2.05, 4.69) is 0 Å². The van der Waals surface area contributed by atoms with Gasteiger partial charge in [0.25, 0.3) is 0 Å². The minimum Gasteiger partial charge on any atom is -0.393 e. The molecule has 0 aromatic heterocycles. The van der Waals surface area contributed by atoms with Crippen LogP contribution in [-0.2, 0) is 0 Å². The van der Waals surface area contributed by atoms with Crippen molar-refractivity contribution in [3.63, 3.8) is 0 Å². The van der Waals surface area contributed by atoms with E-state index >= 15 is 0 Å². The predicted octanol–water partition coefficient (Wildman–Crippen LogP) is 0.527.